The second-order valence-electron chi connectivity index (χ2n) is 4.01. The Balaban J connectivity index is 2.04. The van der Waals surface area contributed by atoms with E-state index in [0.717, 1.165) is 5.69 Å². The van der Waals surface area contributed by atoms with E-state index in [0.29, 0.717) is 16.7 Å². The third-order valence-corrected chi connectivity index (χ3v) is 3.44. The molecule has 0 aliphatic heterocycles. The number of hydrogen-bond donors (Lipinski definition) is 2. The van der Waals surface area contributed by atoms with Crippen LogP contribution in [0.1, 0.15) is 10.4 Å². The number of carboxylic acid groups (broad SMARTS) is 1. The summed E-state index contributed by atoms with van der Waals surface area (Å²) in [5.74, 6) is -0.237. The topological polar surface area (TPSA) is 62.2 Å². The maximum absolute atomic E-state index is 11.1. The van der Waals surface area contributed by atoms with Crippen molar-refractivity contribution in [2.24, 2.45) is 0 Å². The third kappa shape index (κ3) is 2.28. The van der Waals surface area contributed by atoms with Gasteiger partial charge in [0.25, 0.3) is 0 Å². The second-order valence-corrected chi connectivity index (χ2v) is 4.79. The Kier molecular flexibility index (Phi) is 2.89. The fourth-order valence-corrected chi connectivity index (χ4v) is 2.48. The number of nitrogens with one attached hydrogen (secondary N) is 1. The predicted molar refractivity (Wildman–Crippen MR) is 76.3 cm³/mol. The van der Waals surface area contributed by atoms with E-state index in [1.807, 2.05) is 16.8 Å². The highest BCUT2D eigenvalue weighted by Gasteiger charge is 2.09. The molecule has 0 aliphatic rings. The maximum Gasteiger partial charge on any atom is 0.336 e. The van der Waals surface area contributed by atoms with E-state index in [1.54, 1.807) is 41.7 Å². The van der Waals surface area contributed by atoms with Gasteiger partial charge in [0.05, 0.1) is 16.8 Å². The number of aromatic nitrogens is 1. The van der Waals surface area contributed by atoms with Crippen molar-refractivity contribution >= 4 is 39.7 Å². The molecule has 0 amide bonds. The number of rotatable bonds is 3. The van der Waals surface area contributed by atoms with Gasteiger partial charge in [-0.05, 0) is 35.7 Å². The van der Waals surface area contributed by atoms with E-state index in [1.165, 1.54) is 0 Å². The number of fused-ring (bicyclic) bond motifs is 1. The molecule has 5 heteroatoms. The molecule has 0 saturated heterocycles. The van der Waals surface area contributed by atoms with Crippen molar-refractivity contribution in [2.75, 3.05) is 5.32 Å². The molecule has 3 aromatic rings. The van der Waals surface area contributed by atoms with E-state index in [2.05, 4.69) is 10.3 Å². The molecule has 0 radical (unpaired) electrons. The van der Waals surface area contributed by atoms with Gasteiger partial charge in [0.15, 0.2) is 0 Å². The first-order valence-electron chi connectivity index (χ1n) is 5.66. The summed E-state index contributed by atoms with van der Waals surface area (Å²) in [6.07, 6.45) is 0. The number of thiophene rings is 1. The Bertz CT molecular complexity index is 738. The molecule has 19 heavy (non-hydrogen) atoms. The molecule has 0 saturated carbocycles. The molecule has 2 N–H and O–H groups in total. The van der Waals surface area contributed by atoms with Crippen LogP contribution in [-0.4, -0.2) is 16.1 Å². The number of anilines is 2. The standard InChI is InChI=1S/C14H10N2O2S/c17-14(18)11-2-1-3-12-10(11)4-5-13(16-12)15-9-6-7-19-8-9/h1-8H,(H,15,16)(H,17,18). The van der Waals surface area contributed by atoms with Crippen LogP contribution in [0.3, 0.4) is 0 Å². The van der Waals surface area contributed by atoms with E-state index >= 15 is 0 Å². The second kappa shape index (κ2) is 4.70. The molecule has 2 heterocycles. The largest absolute Gasteiger partial charge is 0.478 e. The van der Waals surface area contributed by atoms with Gasteiger partial charge in [-0.1, -0.05) is 6.07 Å². The first-order valence-corrected chi connectivity index (χ1v) is 6.60. The molecule has 2 aromatic heterocycles. The minimum atomic E-state index is -0.939. The SMILES string of the molecule is O=C(O)c1cccc2nc(Nc3ccsc3)ccc12. The van der Waals surface area contributed by atoms with Crippen LogP contribution in [0.25, 0.3) is 10.9 Å². The highest BCUT2D eigenvalue weighted by molar-refractivity contribution is 7.08. The summed E-state index contributed by atoms with van der Waals surface area (Å²) in [5, 5.41) is 16.9. The quantitative estimate of drug-likeness (QED) is 0.761. The summed E-state index contributed by atoms with van der Waals surface area (Å²) in [6.45, 7) is 0. The summed E-state index contributed by atoms with van der Waals surface area (Å²) in [4.78, 5) is 15.5. The van der Waals surface area contributed by atoms with Gasteiger partial charge in [0.1, 0.15) is 5.82 Å². The zero-order valence-electron chi connectivity index (χ0n) is 9.83. The summed E-state index contributed by atoms with van der Waals surface area (Å²) < 4.78 is 0. The number of pyridine rings is 1. The van der Waals surface area contributed by atoms with Gasteiger partial charge in [-0.25, -0.2) is 9.78 Å². The number of benzene rings is 1. The summed E-state index contributed by atoms with van der Waals surface area (Å²) in [6, 6.07) is 10.6. The van der Waals surface area contributed by atoms with Crippen LogP contribution in [-0.2, 0) is 0 Å². The van der Waals surface area contributed by atoms with Gasteiger partial charge < -0.3 is 10.4 Å². The highest BCUT2D eigenvalue weighted by Crippen LogP contribution is 2.22. The van der Waals surface area contributed by atoms with Gasteiger partial charge in [-0.15, -0.1) is 0 Å². The van der Waals surface area contributed by atoms with Crippen LogP contribution >= 0.6 is 11.3 Å². The average Bonchev–Trinajstić information content (AvgIpc) is 2.90. The van der Waals surface area contributed by atoms with Crippen LogP contribution in [0, 0.1) is 0 Å². The molecular formula is C14H10N2O2S. The average molecular weight is 270 g/mol. The van der Waals surface area contributed by atoms with E-state index in [-0.39, 0.29) is 5.56 Å². The first kappa shape index (κ1) is 11.7. The van der Waals surface area contributed by atoms with Crippen molar-refractivity contribution in [3.63, 3.8) is 0 Å². The lowest BCUT2D eigenvalue weighted by molar-refractivity contribution is 0.0699. The predicted octanol–water partition coefficient (Wildman–Crippen LogP) is 3.74. The van der Waals surface area contributed by atoms with E-state index in [4.69, 9.17) is 5.11 Å². The number of carboxylic acids is 1. The molecule has 0 fully saturated rings. The Hall–Kier alpha value is -2.40. The van der Waals surface area contributed by atoms with Gasteiger partial charge in [0, 0.05) is 10.8 Å². The Morgan fingerprint density at radius 2 is 2.11 bits per heavy atom. The first-order chi connectivity index (χ1) is 9.24. The molecule has 4 nitrogen and oxygen atoms in total. The number of aromatic carboxylic acids is 1. The number of hydrogen-bond acceptors (Lipinski definition) is 4. The zero-order valence-corrected chi connectivity index (χ0v) is 10.6. The molecule has 0 bridgehead atoms. The van der Waals surface area contributed by atoms with Crippen molar-refractivity contribution in [3.8, 4) is 0 Å². The van der Waals surface area contributed by atoms with Crippen molar-refractivity contribution in [1.29, 1.82) is 0 Å². The summed E-state index contributed by atoms with van der Waals surface area (Å²) in [5.41, 5.74) is 1.92. The minimum absolute atomic E-state index is 0.270. The smallest absolute Gasteiger partial charge is 0.336 e. The third-order valence-electron chi connectivity index (χ3n) is 2.76. The fraction of sp³-hybridized carbons (Fsp3) is 0. The fourth-order valence-electron chi connectivity index (χ4n) is 1.89. The lowest BCUT2D eigenvalue weighted by Crippen LogP contribution is -1.99. The van der Waals surface area contributed by atoms with Crippen LogP contribution in [0.2, 0.25) is 0 Å². The Morgan fingerprint density at radius 3 is 2.84 bits per heavy atom. The summed E-state index contributed by atoms with van der Waals surface area (Å²) >= 11 is 1.60. The molecule has 1 aromatic carbocycles. The van der Waals surface area contributed by atoms with Gasteiger partial charge in [-0.3, -0.25) is 0 Å². The minimum Gasteiger partial charge on any atom is -0.478 e. The van der Waals surface area contributed by atoms with E-state index in [9.17, 15) is 4.79 Å². The lowest BCUT2D eigenvalue weighted by Gasteiger charge is -2.06. The number of nitrogens with zero attached hydrogens (tertiary/aromatic N) is 1. The summed E-state index contributed by atoms with van der Waals surface area (Å²) in [7, 11) is 0. The Morgan fingerprint density at radius 1 is 1.21 bits per heavy atom. The van der Waals surface area contributed by atoms with Gasteiger partial charge in [-0.2, -0.15) is 11.3 Å². The van der Waals surface area contributed by atoms with E-state index < -0.39 is 5.97 Å². The molecule has 94 valence electrons. The maximum atomic E-state index is 11.1. The zero-order chi connectivity index (χ0) is 13.2. The monoisotopic (exact) mass is 270 g/mol. The highest BCUT2D eigenvalue weighted by atomic mass is 32.1. The van der Waals surface area contributed by atoms with Crippen molar-refractivity contribution in [2.45, 2.75) is 0 Å². The molecular weight excluding hydrogens is 260 g/mol. The van der Waals surface area contributed by atoms with Crippen molar-refractivity contribution in [1.82, 2.24) is 4.98 Å². The lowest BCUT2D eigenvalue weighted by atomic mass is 10.1. The van der Waals surface area contributed by atoms with Crippen molar-refractivity contribution < 1.29 is 9.90 Å². The van der Waals surface area contributed by atoms with Crippen LogP contribution in [0.4, 0.5) is 11.5 Å². The molecule has 3 rings (SSSR count). The Labute approximate surface area is 113 Å². The molecule has 0 aliphatic carbocycles. The normalized spacial score (nSPS) is 10.5. The number of carbonyl (C=O) groups is 1. The van der Waals surface area contributed by atoms with Gasteiger partial charge in [0.2, 0.25) is 0 Å². The van der Waals surface area contributed by atoms with Gasteiger partial charge >= 0.3 is 5.97 Å². The molecule has 0 unspecified atom stereocenters. The van der Waals surface area contributed by atoms with Crippen LogP contribution in [0.5, 0.6) is 0 Å². The van der Waals surface area contributed by atoms with Crippen LogP contribution in [0.15, 0.2) is 47.2 Å². The van der Waals surface area contributed by atoms with Crippen LogP contribution < -0.4 is 5.32 Å². The van der Waals surface area contributed by atoms with Crippen molar-refractivity contribution in [3.05, 3.63) is 52.7 Å². The molecule has 0 atom stereocenters. The molecule has 0 spiro atoms.